The maximum atomic E-state index is 11.4. The maximum absolute atomic E-state index is 11.4. The summed E-state index contributed by atoms with van der Waals surface area (Å²) in [5, 5.41) is 17.5. The van der Waals surface area contributed by atoms with Gasteiger partial charge in [-0.3, -0.25) is 4.79 Å². The molecular formula is C14H14N2O2. The summed E-state index contributed by atoms with van der Waals surface area (Å²) in [5.41, 5.74) is 2.09. The first-order valence-corrected chi connectivity index (χ1v) is 5.75. The van der Waals surface area contributed by atoms with E-state index in [9.17, 15) is 4.79 Å². The number of carbonyl (C=O) groups excluding carboxylic acids is 1. The molecule has 0 fully saturated rings. The number of rotatable bonds is 5. The second-order valence-electron chi connectivity index (χ2n) is 3.74. The van der Waals surface area contributed by atoms with Crippen LogP contribution >= 0.6 is 0 Å². The summed E-state index contributed by atoms with van der Waals surface area (Å²) >= 11 is 0. The molecule has 0 aliphatic rings. The molecule has 1 rings (SSSR count). The van der Waals surface area contributed by atoms with Gasteiger partial charge in [0.05, 0.1) is 30.7 Å². The van der Waals surface area contributed by atoms with Gasteiger partial charge in [0.15, 0.2) is 0 Å². The average molecular weight is 242 g/mol. The third-order valence-corrected chi connectivity index (χ3v) is 2.46. The summed E-state index contributed by atoms with van der Waals surface area (Å²) in [7, 11) is 0. The zero-order chi connectivity index (χ0) is 13.4. The number of aryl methyl sites for hydroxylation is 1. The molecule has 0 bridgehead atoms. The fourth-order valence-electron chi connectivity index (χ4n) is 1.63. The fraction of sp³-hybridized carbons (Fsp3) is 0.357. The van der Waals surface area contributed by atoms with Gasteiger partial charge in [-0.25, -0.2) is 0 Å². The summed E-state index contributed by atoms with van der Waals surface area (Å²) in [4.78, 5) is 11.4. The Morgan fingerprint density at radius 2 is 2.17 bits per heavy atom. The predicted octanol–water partition coefficient (Wildman–Crippen LogP) is 2.12. The normalized spacial score (nSPS) is 9.28. The van der Waals surface area contributed by atoms with Crippen LogP contribution < -0.4 is 0 Å². The Morgan fingerprint density at radius 3 is 2.78 bits per heavy atom. The van der Waals surface area contributed by atoms with Gasteiger partial charge in [-0.1, -0.05) is 12.1 Å². The molecular weight excluding hydrogens is 228 g/mol. The van der Waals surface area contributed by atoms with Crippen LogP contribution in [0.2, 0.25) is 0 Å². The summed E-state index contributed by atoms with van der Waals surface area (Å²) < 4.78 is 4.87. The Hall–Kier alpha value is -2.33. The minimum Gasteiger partial charge on any atom is -0.466 e. The number of carbonyl (C=O) groups is 1. The van der Waals surface area contributed by atoms with Crippen LogP contribution in [0.4, 0.5) is 0 Å². The van der Waals surface area contributed by atoms with E-state index in [4.69, 9.17) is 15.3 Å². The Morgan fingerprint density at radius 1 is 1.39 bits per heavy atom. The van der Waals surface area contributed by atoms with Gasteiger partial charge in [0.2, 0.25) is 0 Å². The monoisotopic (exact) mass is 242 g/mol. The first-order valence-electron chi connectivity index (χ1n) is 5.75. The van der Waals surface area contributed by atoms with Crippen molar-refractivity contribution in [1.82, 2.24) is 0 Å². The molecule has 0 saturated heterocycles. The standard InChI is InChI=1S/C14H14N2O2/c1-2-18-14(17)9-13-8-11(4-3-7-15)5-6-12(13)10-16/h5-6,8H,2-4,9H2,1H3. The van der Waals surface area contributed by atoms with Gasteiger partial charge >= 0.3 is 5.97 Å². The Kier molecular flexibility index (Phi) is 5.41. The highest BCUT2D eigenvalue weighted by atomic mass is 16.5. The van der Waals surface area contributed by atoms with E-state index in [1.54, 1.807) is 19.1 Å². The molecule has 0 amide bonds. The van der Waals surface area contributed by atoms with E-state index in [0.29, 0.717) is 30.6 Å². The van der Waals surface area contributed by atoms with Crippen molar-refractivity contribution in [3.8, 4) is 12.1 Å². The molecule has 0 saturated carbocycles. The minimum absolute atomic E-state index is 0.0944. The predicted molar refractivity (Wildman–Crippen MR) is 65.4 cm³/mol. The second kappa shape index (κ2) is 7.09. The molecule has 0 spiro atoms. The maximum Gasteiger partial charge on any atom is 0.310 e. The topological polar surface area (TPSA) is 73.9 Å². The second-order valence-corrected chi connectivity index (χ2v) is 3.74. The molecule has 92 valence electrons. The van der Waals surface area contributed by atoms with Crippen LogP contribution in [0.1, 0.15) is 30.0 Å². The van der Waals surface area contributed by atoms with E-state index < -0.39 is 0 Å². The van der Waals surface area contributed by atoms with Crippen molar-refractivity contribution in [2.75, 3.05) is 6.61 Å². The number of ether oxygens (including phenoxy) is 1. The van der Waals surface area contributed by atoms with Crippen molar-refractivity contribution in [3.63, 3.8) is 0 Å². The number of esters is 1. The Bertz CT molecular complexity index is 510. The molecule has 4 nitrogen and oxygen atoms in total. The van der Waals surface area contributed by atoms with Crippen LogP contribution in [0.25, 0.3) is 0 Å². The fourth-order valence-corrected chi connectivity index (χ4v) is 1.63. The van der Waals surface area contributed by atoms with Gasteiger partial charge in [-0.15, -0.1) is 0 Å². The Balaban J connectivity index is 2.89. The lowest BCUT2D eigenvalue weighted by atomic mass is 10.00. The summed E-state index contributed by atoms with van der Waals surface area (Å²) in [5.74, 6) is -0.341. The largest absolute Gasteiger partial charge is 0.466 e. The molecule has 0 aromatic heterocycles. The average Bonchev–Trinajstić information content (AvgIpc) is 2.37. The molecule has 1 aromatic carbocycles. The summed E-state index contributed by atoms with van der Waals surface area (Å²) in [6.45, 7) is 2.07. The molecule has 0 atom stereocenters. The van der Waals surface area contributed by atoms with E-state index in [2.05, 4.69) is 12.1 Å². The molecule has 0 heterocycles. The van der Waals surface area contributed by atoms with Crippen molar-refractivity contribution >= 4 is 5.97 Å². The van der Waals surface area contributed by atoms with Crippen LogP contribution in [0.3, 0.4) is 0 Å². The Labute approximate surface area is 106 Å². The van der Waals surface area contributed by atoms with Crippen LogP contribution in [0.15, 0.2) is 18.2 Å². The van der Waals surface area contributed by atoms with Crippen molar-refractivity contribution in [2.45, 2.75) is 26.2 Å². The van der Waals surface area contributed by atoms with E-state index in [0.717, 1.165) is 5.56 Å². The van der Waals surface area contributed by atoms with E-state index in [1.165, 1.54) is 0 Å². The quantitative estimate of drug-likeness (QED) is 0.741. The van der Waals surface area contributed by atoms with Crippen LogP contribution in [0, 0.1) is 22.7 Å². The van der Waals surface area contributed by atoms with Gasteiger partial charge in [0.1, 0.15) is 0 Å². The van der Waals surface area contributed by atoms with Gasteiger partial charge in [-0.2, -0.15) is 10.5 Å². The highest BCUT2D eigenvalue weighted by molar-refractivity contribution is 5.73. The SMILES string of the molecule is CCOC(=O)Cc1cc(CCC#N)ccc1C#N. The molecule has 4 heteroatoms. The van der Waals surface area contributed by atoms with Gasteiger partial charge < -0.3 is 4.74 Å². The summed E-state index contributed by atoms with van der Waals surface area (Å²) in [6.07, 6.45) is 1.14. The minimum atomic E-state index is -0.341. The highest BCUT2D eigenvalue weighted by Crippen LogP contribution is 2.14. The smallest absolute Gasteiger partial charge is 0.310 e. The van der Waals surface area contributed by atoms with Crippen molar-refractivity contribution < 1.29 is 9.53 Å². The zero-order valence-corrected chi connectivity index (χ0v) is 10.3. The van der Waals surface area contributed by atoms with Gasteiger partial charge in [0, 0.05) is 6.42 Å². The van der Waals surface area contributed by atoms with Crippen molar-refractivity contribution in [1.29, 1.82) is 10.5 Å². The lowest BCUT2D eigenvalue weighted by Crippen LogP contribution is -2.09. The third kappa shape index (κ3) is 3.92. The number of nitrogens with zero attached hydrogens (tertiary/aromatic N) is 2. The highest BCUT2D eigenvalue weighted by Gasteiger charge is 2.09. The van der Waals surface area contributed by atoms with Gasteiger partial charge in [-0.05, 0) is 30.5 Å². The third-order valence-electron chi connectivity index (χ3n) is 2.46. The van der Waals surface area contributed by atoms with Crippen LogP contribution in [-0.4, -0.2) is 12.6 Å². The number of nitriles is 2. The lowest BCUT2D eigenvalue weighted by molar-refractivity contribution is -0.142. The number of benzene rings is 1. The van der Waals surface area contributed by atoms with E-state index in [-0.39, 0.29) is 12.4 Å². The molecule has 0 unspecified atom stereocenters. The van der Waals surface area contributed by atoms with Crippen molar-refractivity contribution in [2.24, 2.45) is 0 Å². The van der Waals surface area contributed by atoms with Crippen LogP contribution in [0.5, 0.6) is 0 Å². The molecule has 0 aliphatic carbocycles. The van der Waals surface area contributed by atoms with Crippen molar-refractivity contribution in [3.05, 3.63) is 34.9 Å². The van der Waals surface area contributed by atoms with Gasteiger partial charge in [0.25, 0.3) is 0 Å². The molecule has 1 aromatic rings. The van der Waals surface area contributed by atoms with E-state index >= 15 is 0 Å². The first-order chi connectivity index (χ1) is 8.71. The molecule has 18 heavy (non-hydrogen) atoms. The van der Waals surface area contributed by atoms with Crippen LogP contribution in [-0.2, 0) is 22.4 Å². The summed E-state index contributed by atoms with van der Waals surface area (Å²) in [6, 6.07) is 9.41. The zero-order valence-electron chi connectivity index (χ0n) is 10.3. The lowest BCUT2D eigenvalue weighted by Gasteiger charge is -2.06. The van der Waals surface area contributed by atoms with E-state index in [1.807, 2.05) is 6.07 Å². The number of hydrogen-bond acceptors (Lipinski definition) is 4. The molecule has 0 radical (unpaired) electrons. The molecule has 0 N–H and O–H groups in total. The molecule has 0 aliphatic heterocycles. The first kappa shape index (κ1) is 13.7. The number of hydrogen-bond donors (Lipinski definition) is 0.